The highest BCUT2D eigenvalue weighted by molar-refractivity contribution is 8.93. The Balaban J connectivity index is 0.000000640. The van der Waals surface area contributed by atoms with E-state index in [-0.39, 0.29) is 29.7 Å². The van der Waals surface area contributed by atoms with Crippen molar-refractivity contribution in [3.63, 3.8) is 0 Å². The van der Waals surface area contributed by atoms with Crippen LogP contribution in [0.25, 0.3) is 0 Å². The zero-order valence-corrected chi connectivity index (χ0v) is 7.11. The van der Waals surface area contributed by atoms with E-state index in [0.717, 1.165) is 13.0 Å². The molecule has 0 aliphatic carbocycles. The first kappa shape index (κ1) is 9.37. The van der Waals surface area contributed by atoms with E-state index in [2.05, 4.69) is 5.32 Å². The Kier molecular flexibility index (Phi) is 5.39. The molecule has 1 saturated heterocycles. The van der Waals surface area contributed by atoms with Crippen LogP contribution in [0.3, 0.4) is 0 Å². The van der Waals surface area contributed by atoms with Crippen LogP contribution in [0, 0.1) is 0 Å². The van der Waals surface area contributed by atoms with Gasteiger partial charge in [-0.05, 0) is 19.4 Å². The second-order valence-electron chi connectivity index (χ2n) is 2.30. The monoisotopic (exact) mass is 197 g/mol. The van der Waals surface area contributed by atoms with Crippen molar-refractivity contribution in [2.45, 2.75) is 25.3 Å². The fourth-order valence-electron chi connectivity index (χ4n) is 1.06. The molecule has 0 saturated carbocycles. The molecule has 1 aliphatic rings. The predicted octanol–water partition coefficient (Wildman–Crippen LogP) is 1.68. The number of nitrogens with one attached hydrogen (secondary N) is 1. The molecule has 1 fully saturated rings. The van der Waals surface area contributed by atoms with Crippen molar-refractivity contribution in [2.24, 2.45) is 0 Å². The Bertz CT molecular complexity index is 64.1. The topological polar surface area (TPSA) is 12.0 Å². The highest BCUT2D eigenvalue weighted by atomic mass is 79.9. The first-order valence-corrected chi connectivity index (χ1v) is 3.23. The molecule has 0 spiro atoms. The molecular weight excluding hydrogens is 185 g/mol. The van der Waals surface area contributed by atoms with E-state index in [1.807, 2.05) is 0 Å². The Hall–Kier alpha value is 0.370. The van der Waals surface area contributed by atoms with Crippen LogP contribution in [0.5, 0.6) is 0 Å². The minimum absolute atomic E-state index is 0. The molecule has 1 aliphatic heterocycles. The molecule has 0 bridgehead atoms. The quantitative estimate of drug-likeness (QED) is 0.675. The van der Waals surface area contributed by atoms with Crippen LogP contribution in [0.15, 0.2) is 0 Å². The number of alkyl halides is 1. The van der Waals surface area contributed by atoms with E-state index in [9.17, 15) is 4.39 Å². The fraction of sp³-hybridized carbons (Fsp3) is 1.00. The Morgan fingerprint density at radius 3 is 2.56 bits per heavy atom. The summed E-state index contributed by atoms with van der Waals surface area (Å²) in [4.78, 5) is 0. The Morgan fingerprint density at radius 1 is 1.44 bits per heavy atom. The van der Waals surface area contributed by atoms with Crippen LogP contribution in [-0.2, 0) is 0 Å². The Morgan fingerprint density at radius 2 is 2.22 bits per heavy atom. The molecule has 56 valence electrons. The molecule has 1 heterocycles. The van der Waals surface area contributed by atoms with Gasteiger partial charge in [0.2, 0.25) is 0 Å². The summed E-state index contributed by atoms with van der Waals surface area (Å²) in [6.45, 7) is 0.814. The van der Waals surface area contributed by atoms with Gasteiger partial charge in [0, 0.05) is 6.04 Å². The number of piperidine rings is 1. The molecule has 1 rings (SSSR count). The molecule has 9 heavy (non-hydrogen) atoms. The molecule has 0 aromatic rings. The SMILES string of the molecule is Br.FC[C@@H]1CCCCN1. The molecule has 1 atom stereocenters. The number of hydrogen-bond donors (Lipinski definition) is 1. The van der Waals surface area contributed by atoms with Gasteiger partial charge < -0.3 is 5.32 Å². The van der Waals surface area contributed by atoms with Crippen molar-refractivity contribution in [3.05, 3.63) is 0 Å². The van der Waals surface area contributed by atoms with E-state index >= 15 is 0 Å². The maximum Gasteiger partial charge on any atom is 0.105 e. The van der Waals surface area contributed by atoms with Gasteiger partial charge in [0.05, 0.1) is 0 Å². The molecule has 0 aromatic heterocycles. The summed E-state index contributed by atoms with van der Waals surface area (Å²) in [6.07, 6.45) is 3.44. The molecule has 0 radical (unpaired) electrons. The molecule has 3 heteroatoms. The van der Waals surface area contributed by atoms with E-state index in [0.29, 0.717) is 0 Å². The smallest absolute Gasteiger partial charge is 0.105 e. The lowest BCUT2D eigenvalue weighted by molar-refractivity contribution is 0.320. The van der Waals surface area contributed by atoms with E-state index in [1.54, 1.807) is 0 Å². The van der Waals surface area contributed by atoms with E-state index < -0.39 is 0 Å². The summed E-state index contributed by atoms with van der Waals surface area (Å²) >= 11 is 0. The van der Waals surface area contributed by atoms with Gasteiger partial charge in [-0.2, -0.15) is 0 Å². The highest BCUT2D eigenvalue weighted by Crippen LogP contribution is 2.06. The first-order chi connectivity index (χ1) is 3.93. The predicted molar refractivity (Wildman–Crippen MR) is 41.9 cm³/mol. The fourth-order valence-corrected chi connectivity index (χ4v) is 1.06. The maximum atomic E-state index is 11.8. The van der Waals surface area contributed by atoms with Gasteiger partial charge in [-0.25, -0.2) is 4.39 Å². The molecule has 0 unspecified atom stereocenters. The van der Waals surface area contributed by atoms with Crippen LogP contribution >= 0.6 is 17.0 Å². The minimum atomic E-state index is -0.194. The van der Waals surface area contributed by atoms with Crippen LogP contribution in [0.4, 0.5) is 4.39 Å². The molecule has 1 N–H and O–H groups in total. The number of rotatable bonds is 1. The summed E-state index contributed by atoms with van der Waals surface area (Å²) < 4.78 is 11.8. The second kappa shape index (κ2) is 5.18. The van der Waals surface area contributed by atoms with Crippen molar-refractivity contribution in [1.29, 1.82) is 0 Å². The van der Waals surface area contributed by atoms with Crippen molar-refractivity contribution in [2.75, 3.05) is 13.2 Å². The summed E-state index contributed by atoms with van der Waals surface area (Å²) in [5.41, 5.74) is 0. The number of halogens is 2. The standard InChI is InChI=1S/C6H12FN.BrH/c7-5-6-3-1-2-4-8-6;/h6,8H,1-5H2;1H/t6-;/m0./s1. The normalized spacial score (nSPS) is 27.0. The molecule has 1 nitrogen and oxygen atoms in total. The van der Waals surface area contributed by atoms with Crippen LogP contribution in [0.2, 0.25) is 0 Å². The minimum Gasteiger partial charge on any atom is -0.311 e. The third kappa shape index (κ3) is 3.16. The van der Waals surface area contributed by atoms with E-state index in [1.165, 1.54) is 12.8 Å². The van der Waals surface area contributed by atoms with Crippen LogP contribution < -0.4 is 5.32 Å². The van der Waals surface area contributed by atoms with Gasteiger partial charge in [-0.3, -0.25) is 0 Å². The molecule has 0 amide bonds. The van der Waals surface area contributed by atoms with Gasteiger partial charge in [-0.15, -0.1) is 17.0 Å². The Labute approximate surface area is 65.8 Å². The third-order valence-corrected chi connectivity index (χ3v) is 1.60. The second-order valence-corrected chi connectivity index (χ2v) is 2.30. The van der Waals surface area contributed by atoms with Gasteiger partial charge in [0.1, 0.15) is 6.67 Å². The van der Waals surface area contributed by atoms with Gasteiger partial charge in [0.25, 0.3) is 0 Å². The summed E-state index contributed by atoms with van der Waals surface area (Å²) in [6, 6.07) is 0.170. The number of hydrogen-bond acceptors (Lipinski definition) is 1. The zero-order valence-electron chi connectivity index (χ0n) is 5.40. The average molecular weight is 198 g/mol. The zero-order chi connectivity index (χ0) is 5.82. The lowest BCUT2D eigenvalue weighted by Gasteiger charge is -2.19. The van der Waals surface area contributed by atoms with Gasteiger partial charge >= 0.3 is 0 Å². The van der Waals surface area contributed by atoms with Crippen molar-refractivity contribution in [1.82, 2.24) is 5.32 Å². The average Bonchev–Trinajstić information content (AvgIpc) is 1.90. The largest absolute Gasteiger partial charge is 0.311 e. The van der Waals surface area contributed by atoms with Gasteiger partial charge in [-0.1, -0.05) is 6.42 Å². The maximum absolute atomic E-state index is 11.8. The summed E-state index contributed by atoms with van der Waals surface area (Å²) in [5.74, 6) is 0. The first-order valence-electron chi connectivity index (χ1n) is 3.23. The van der Waals surface area contributed by atoms with Crippen molar-refractivity contribution in [3.8, 4) is 0 Å². The lowest BCUT2D eigenvalue weighted by Crippen LogP contribution is -2.35. The highest BCUT2D eigenvalue weighted by Gasteiger charge is 2.10. The van der Waals surface area contributed by atoms with Gasteiger partial charge in [0.15, 0.2) is 0 Å². The summed E-state index contributed by atoms with van der Waals surface area (Å²) in [5, 5.41) is 3.09. The van der Waals surface area contributed by atoms with Crippen LogP contribution in [0.1, 0.15) is 19.3 Å². The molecule has 0 aromatic carbocycles. The van der Waals surface area contributed by atoms with Crippen molar-refractivity contribution >= 4 is 17.0 Å². The summed E-state index contributed by atoms with van der Waals surface area (Å²) in [7, 11) is 0. The lowest BCUT2D eigenvalue weighted by atomic mass is 10.1. The van der Waals surface area contributed by atoms with E-state index in [4.69, 9.17) is 0 Å². The third-order valence-electron chi connectivity index (χ3n) is 1.60. The van der Waals surface area contributed by atoms with Crippen molar-refractivity contribution < 1.29 is 4.39 Å². The molecular formula is C6H13BrFN. The van der Waals surface area contributed by atoms with Crippen LogP contribution in [-0.4, -0.2) is 19.3 Å².